The van der Waals surface area contributed by atoms with E-state index in [4.69, 9.17) is 17.3 Å². The van der Waals surface area contributed by atoms with E-state index in [0.717, 1.165) is 31.2 Å². The van der Waals surface area contributed by atoms with E-state index in [1.807, 2.05) is 12.1 Å². The van der Waals surface area contributed by atoms with Gasteiger partial charge in [0.05, 0.1) is 0 Å². The van der Waals surface area contributed by atoms with Crippen molar-refractivity contribution >= 4 is 11.6 Å². The second-order valence-electron chi connectivity index (χ2n) is 5.55. The van der Waals surface area contributed by atoms with Crippen LogP contribution in [0.15, 0.2) is 18.2 Å². The summed E-state index contributed by atoms with van der Waals surface area (Å²) in [4.78, 5) is 2.49. The number of rotatable bonds is 3. The number of nitrogens with two attached hydrogens (primary N) is 1. The topological polar surface area (TPSA) is 29.3 Å². The Morgan fingerprint density at radius 2 is 2.24 bits per heavy atom. The number of hydrogen-bond acceptors (Lipinski definition) is 2. The van der Waals surface area contributed by atoms with Crippen molar-refractivity contribution in [1.29, 1.82) is 0 Å². The number of halogens is 1. The van der Waals surface area contributed by atoms with Crippen LogP contribution in [0.25, 0.3) is 0 Å². The minimum Gasteiger partial charge on any atom is -0.330 e. The van der Waals surface area contributed by atoms with Crippen molar-refractivity contribution in [3.8, 4) is 0 Å². The minimum atomic E-state index is 0.306. The summed E-state index contributed by atoms with van der Waals surface area (Å²) in [5, 5.41) is 0.819. The summed E-state index contributed by atoms with van der Waals surface area (Å²) >= 11 is 5.97. The zero-order chi connectivity index (χ0) is 12.5. The maximum Gasteiger partial charge on any atom is 0.0408 e. The summed E-state index contributed by atoms with van der Waals surface area (Å²) in [5.74, 6) is 0. The first-order valence-electron chi connectivity index (χ1n) is 6.20. The summed E-state index contributed by atoms with van der Waals surface area (Å²) in [6.07, 6.45) is 1.20. The fourth-order valence-corrected chi connectivity index (χ4v) is 2.73. The lowest BCUT2D eigenvalue weighted by atomic mass is 9.90. The van der Waals surface area contributed by atoms with Gasteiger partial charge in [-0.05, 0) is 55.1 Å². The highest BCUT2D eigenvalue weighted by atomic mass is 35.5. The Morgan fingerprint density at radius 3 is 2.82 bits per heavy atom. The predicted molar refractivity (Wildman–Crippen MR) is 73.2 cm³/mol. The Bertz CT molecular complexity index is 405. The van der Waals surface area contributed by atoms with Gasteiger partial charge in [0, 0.05) is 18.1 Å². The number of aryl methyl sites for hydroxylation is 1. The summed E-state index contributed by atoms with van der Waals surface area (Å²) in [7, 11) is 0. The van der Waals surface area contributed by atoms with Gasteiger partial charge in [-0.3, -0.25) is 4.90 Å². The Hall–Kier alpha value is -0.570. The summed E-state index contributed by atoms with van der Waals surface area (Å²) in [6.45, 7) is 8.45. The summed E-state index contributed by atoms with van der Waals surface area (Å²) in [5.41, 5.74) is 8.78. The van der Waals surface area contributed by atoms with Crippen molar-refractivity contribution in [2.75, 3.05) is 19.6 Å². The van der Waals surface area contributed by atoms with Gasteiger partial charge < -0.3 is 5.73 Å². The normalized spacial score (nSPS) is 25.4. The van der Waals surface area contributed by atoms with E-state index in [0.29, 0.717) is 5.41 Å². The van der Waals surface area contributed by atoms with Crippen LogP contribution in [0, 0.1) is 12.3 Å². The molecule has 1 unspecified atom stereocenters. The fraction of sp³-hybridized carbons (Fsp3) is 0.571. The molecule has 1 aromatic carbocycles. The van der Waals surface area contributed by atoms with E-state index in [2.05, 4.69) is 24.8 Å². The van der Waals surface area contributed by atoms with Crippen molar-refractivity contribution in [2.24, 2.45) is 11.1 Å². The summed E-state index contributed by atoms with van der Waals surface area (Å²) in [6, 6.07) is 6.15. The van der Waals surface area contributed by atoms with E-state index in [9.17, 15) is 0 Å². The van der Waals surface area contributed by atoms with Gasteiger partial charge in [0.25, 0.3) is 0 Å². The molecule has 1 saturated heterocycles. The Morgan fingerprint density at radius 1 is 1.47 bits per heavy atom. The molecule has 1 aromatic rings. The molecule has 0 aliphatic carbocycles. The lowest BCUT2D eigenvalue weighted by Gasteiger charge is -2.23. The van der Waals surface area contributed by atoms with Crippen LogP contribution in [-0.4, -0.2) is 24.5 Å². The minimum absolute atomic E-state index is 0.306. The maximum atomic E-state index is 5.97. The molecule has 1 atom stereocenters. The highest BCUT2D eigenvalue weighted by molar-refractivity contribution is 6.30. The lowest BCUT2D eigenvalue weighted by molar-refractivity contribution is 0.274. The third kappa shape index (κ3) is 3.01. The standard InChI is InChI=1S/C14H21ClN2/c1-11-7-13(15)4-3-12(11)8-17-6-5-14(2,9-16)10-17/h3-4,7H,5-6,8-10,16H2,1-2H3. The molecule has 1 fully saturated rings. The molecule has 2 N–H and O–H groups in total. The number of nitrogens with zero attached hydrogens (tertiary/aromatic N) is 1. The molecule has 0 amide bonds. The van der Waals surface area contributed by atoms with Crippen LogP contribution in [0.4, 0.5) is 0 Å². The molecule has 0 saturated carbocycles. The molecule has 1 heterocycles. The molecule has 0 aromatic heterocycles. The summed E-state index contributed by atoms with van der Waals surface area (Å²) < 4.78 is 0. The highest BCUT2D eigenvalue weighted by Crippen LogP contribution is 2.30. The average Bonchev–Trinajstić information content (AvgIpc) is 2.66. The van der Waals surface area contributed by atoms with Gasteiger partial charge in [0.2, 0.25) is 0 Å². The molecule has 0 spiro atoms. The molecule has 3 heteroatoms. The molecule has 1 aliphatic heterocycles. The maximum absolute atomic E-state index is 5.97. The van der Waals surface area contributed by atoms with E-state index >= 15 is 0 Å². The van der Waals surface area contributed by atoms with Gasteiger partial charge in [0.15, 0.2) is 0 Å². The number of hydrogen-bond donors (Lipinski definition) is 1. The van der Waals surface area contributed by atoms with Crippen LogP contribution < -0.4 is 5.73 Å². The third-order valence-corrected chi connectivity index (χ3v) is 4.06. The molecular weight excluding hydrogens is 232 g/mol. The third-order valence-electron chi connectivity index (χ3n) is 3.83. The Labute approximate surface area is 109 Å². The van der Waals surface area contributed by atoms with Crippen molar-refractivity contribution < 1.29 is 0 Å². The van der Waals surface area contributed by atoms with Crippen LogP contribution in [0.3, 0.4) is 0 Å². The van der Waals surface area contributed by atoms with Crippen molar-refractivity contribution in [2.45, 2.75) is 26.8 Å². The van der Waals surface area contributed by atoms with Crippen molar-refractivity contribution in [3.05, 3.63) is 34.3 Å². The van der Waals surface area contributed by atoms with Crippen molar-refractivity contribution in [1.82, 2.24) is 4.90 Å². The molecule has 2 nitrogen and oxygen atoms in total. The zero-order valence-corrected chi connectivity index (χ0v) is 11.4. The van der Waals surface area contributed by atoms with E-state index in [1.54, 1.807) is 0 Å². The molecule has 1 aliphatic rings. The first-order valence-corrected chi connectivity index (χ1v) is 6.58. The Kier molecular flexibility index (Phi) is 3.76. The van der Waals surface area contributed by atoms with Crippen LogP contribution in [-0.2, 0) is 6.54 Å². The van der Waals surface area contributed by atoms with Gasteiger partial charge in [-0.1, -0.05) is 24.6 Å². The molecular formula is C14H21ClN2. The lowest BCUT2D eigenvalue weighted by Crippen LogP contribution is -2.31. The number of likely N-dealkylation sites (tertiary alicyclic amines) is 1. The van der Waals surface area contributed by atoms with Crippen molar-refractivity contribution in [3.63, 3.8) is 0 Å². The predicted octanol–water partition coefficient (Wildman–Crippen LogP) is 2.82. The van der Waals surface area contributed by atoms with Gasteiger partial charge in [0.1, 0.15) is 0 Å². The van der Waals surface area contributed by atoms with Gasteiger partial charge in [-0.15, -0.1) is 0 Å². The molecule has 17 heavy (non-hydrogen) atoms. The van der Waals surface area contributed by atoms with Crippen LogP contribution in [0.5, 0.6) is 0 Å². The second-order valence-corrected chi connectivity index (χ2v) is 5.98. The van der Waals surface area contributed by atoms with E-state index in [-0.39, 0.29) is 0 Å². The SMILES string of the molecule is Cc1cc(Cl)ccc1CN1CCC(C)(CN)C1. The van der Waals surface area contributed by atoms with Gasteiger partial charge in [-0.25, -0.2) is 0 Å². The largest absolute Gasteiger partial charge is 0.330 e. The average molecular weight is 253 g/mol. The van der Waals surface area contributed by atoms with E-state index < -0.39 is 0 Å². The first kappa shape index (κ1) is 12.9. The highest BCUT2D eigenvalue weighted by Gasteiger charge is 2.32. The molecule has 2 rings (SSSR count). The second kappa shape index (κ2) is 4.97. The van der Waals surface area contributed by atoms with Gasteiger partial charge in [-0.2, -0.15) is 0 Å². The zero-order valence-electron chi connectivity index (χ0n) is 10.7. The monoisotopic (exact) mass is 252 g/mol. The van der Waals surface area contributed by atoms with Crippen LogP contribution in [0.2, 0.25) is 5.02 Å². The first-order chi connectivity index (χ1) is 8.02. The smallest absolute Gasteiger partial charge is 0.0408 e. The molecule has 0 radical (unpaired) electrons. The number of benzene rings is 1. The fourth-order valence-electron chi connectivity index (χ4n) is 2.51. The van der Waals surface area contributed by atoms with E-state index in [1.165, 1.54) is 17.5 Å². The van der Waals surface area contributed by atoms with Gasteiger partial charge >= 0.3 is 0 Å². The molecule has 0 bridgehead atoms. The molecule has 94 valence electrons. The van der Waals surface area contributed by atoms with Crippen LogP contribution >= 0.6 is 11.6 Å². The quantitative estimate of drug-likeness (QED) is 0.897. The van der Waals surface area contributed by atoms with Crippen LogP contribution in [0.1, 0.15) is 24.5 Å². The Balaban J connectivity index is 2.03.